The summed E-state index contributed by atoms with van der Waals surface area (Å²) in [4.78, 5) is 13.0. The average molecular weight is 386 g/mol. The van der Waals surface area contributed by atoms with Crippen molar-refractivity contribution < 1.29 is 13.6 Å². The number of methoxy groups -OCH3 is 1. The minimum atomic E-state index is 0.271. The Bertz CT molecular complexity index is 921. The Hall–Kier alpha value is -2.90. The fraction of sp³-hybridized carbons (Fsp3) is 0.412. The summed E-state index contributed by atoms with van der Waals surface area (Å²) < 4.78 is 20.6. The number of aromatic nitrogens is 3. The van der Waals surface area contributed by atoms with Gasteiger partial charge < -0.3 is 23.4 Å². The number of rotatable bonds is 6. The van der Waals surface area contributed by atoms with E-state index in [0.717, 1.165) is 24.0 Å². The number of furan rings is 1. The number of nitriles is 1. The maximum Gasteiger partial charge on any atom is 0.266 e. The molecule has 3 aromatic rings. The Balaban J connectivity index is 1.43. The molecule has 1 aliphatic heterocycles. The van der Waals surface area contributed by atoms with Crippen LogP contribution in [0.4, 0.5) is 11.0 Å². The molecule has 1 saturated heterocycles. The van der Waals surface area contributed by atoms with Crippen LogP contribution in [0.5, 0.6) is 0 Å². The predicted molar refractivity (Wildman–Crippen MR) is 98.8 cm³/mol. The second-order valence-electron chi connectivity index (χ2n) is 5.97. The molecule has 0 radical (unpaired) electrons. The molecule has 0 amide bonds. The van der Waals surface area contributed by atoms with E-state index < -0.39 is 0 Å². The first kappa shape index (κ1) is 17.5. The predicted octanol–water partition coefficient (Wildman–Crippen LogP) is 2.17. The standard InChI is InChI=1S/C17H18N6O3S/c1-24-10-4-14-20-17(27-21-14)23-7-5-22(6-8-23)16-12(11-18)19-15(26-16)13-3-2-9-25-13/h2-3,9H,4-8,10H2,1H3. The first-order valence-electron chi connectivity index (χ1n) is 8.54. The lowest BCUT2D eigenvalue weighted by atomic mass is 10.3. The van der Waals surface area contributed by atoms with Gasteiger partial charge in [-0.25, -0.2) is 4.98 Å². The highest BCUT2D eigenvalue weighted by Crippen LogP contribution is 2.30. The van der Waals surface area contributed by atoms with Crippen molar-refractivity contribution in [3.05, 3.63) is 29.9 Å². The van der Waals surface area contributed by atoms with E-state index in [9.17, 15) is 5.26 Å². The van der Waals surface area contributed by atoms with Crippen LogP contribution in [0.15, 0.2) is 27.2 Å². The molecule has 0 atom stereocenters. The molecule has 27 heavy (non-hydrogen) atoms. The van der Waals surface area contributed by atoms with Gasteiger partial charge in [0.1, 0.15) is 11.9 Å². The van der Waals surface area contributed by atoms with E-state index in [4.69, 9.17) is 13.6 Å². The summed E-state index contributed by atoms with van der Waals surface area (Å²) in [5.41, 5.74) is 0.271. The van der Waals surface area contributed by atoms with Crippen LogP contribution in [0, 0.1) is 11.3 Å². The van der Waals surface area contributed by atoms with Gasteiger partial charge in [-0.05, 0) is 12.1 Å². The highest BCUT2D eigenvalue weighted by Gasteiger charge is 2.26. The molecule has 1 fully saturated rings. The van der Waals surface area contributed by atoms with Crippen molar-refractivity contribution in [1.29, 1.82) is 5.26 Å². The van der Waals surface area contributed by atoms with Crippen molar-refractivity contribution in [2.75, 3.05) is 49.7 Å². The molecule has 10 heteroatoms. The molecule has 3 aromatic heterocycles. The molecule has 0 saturated carbocycles. The Morgan fingerprint density at radius 2 is 2.07 bits per heavy atom. The smallest absolute Gasteiger partial charge is 0.266 e. The lowest BCUT2D eigenvalue weighted by molar-refractivity contribution is 0.201. The molecule has 0 bridgehead atoms. The van der Waals surface area contributed by atoms with Gasteiger partial charge in [0.15, 0.2) is 5.76 Å². The summed E-state index contributed by atoms with van der Waals surface area (Å²) in [5.74, 6) is 2.13. The van der Waals surface area contributed by atoms with Crippen LogP contribution in [0.2, 0.25) is 0 Å². The van der Waals surface area contributed by atoms with Gasteiger partial charge in [0.25, 0.3) is 5.89 Å². The van der Waals surface area contributed by atoms with Crippen LogP contribution < -0.4 is 9.80 Å². The first-order valence-corrected chi connectivity index (χ1v) is 9.32. The zero-order valence-electron chi connectivity index (χ0n) is 14.8. The molecule has 4 heterocycles. The monoisotopic (exact) mass is 386 g/mol. The van der Waals surface area contributed by atoms with Crippen molar-refractivity contribution in [3.63, 3.8) is 0 Å². The average Bonchev–Trinajstić information content (AvgIpc) is 3.46. The summed E-state index contributed by atoms with van der Waals surface area (Å²) in [5, 5.41) is 10.3. The van der Waals surface area contributed by atoms with E-state index in [0.29, 0.717) is 43.7 Å². The van der Waals surface area contributed by atoms with Gasteiger partial charge in [0.05, 0.1) is 12.9 Å². The van der Waals surface area contributed by atoms with Gasteiger partial charge in [-0.3, -0.25) is 0 Å². The molecule has 0 spiro atoms. The Labute approximate surface area is 160 Å². The molecular weight excluding hydrogens is 368 g/mol. The van der Waals surface area contributed by atoms with Crippen molar-refractivity contribution in [1.82, 2.24) is 14.3 Å². The second kappa shape index (κ2) is 7.77. The summed E-state index contributed by atoms with van der Waals surface area (Å²) in [6.45, 7) is 3.55. The van der Waals surface area contributed by atoms with Crippen molar-refractivity contribution >= 4 is 22.5 Å². The van der Waals surface area contributed by atoms with E-state index in [2.05, 4.69) is 25.3 Å². The molecule has 9 nitrogen and oxygen atoms in total. The minimum Gasteiger partial charge on any atom is -0.459 e. The normalized spacial score (nSPS) is 14.5. The number of anilines is 2. The van der Waals surface area contributed by atoms with Gasteiger partial charge >= 0.3 is 0 Å². The summed E-state index contributed by atoms with van der Waals surface area (Å²) in [7, 11) is 1.67. The van der Waals surface area contributed by atoms with Crippen LogP contribution in [-0.4, -0.2) is 54.2 Å². The first-order chi connectivity index (χ1) is 13.3. The van der Waals surface area contributed by atoms with Crippen LogP contribution in [0.25, 0.3) is 11.7 Å². The number of ether oxygens (including phenoxy) is 1. The number of hydrogen-bond acceptors (Lipinski definition) is 10. The Morgan fingerprint density at radius 3 is 2.78 bits per heavy atom. The van der Waals surface area contributed by atoms with Crippen molar-refractivity contribution in [2.24, 2.45) is 0 Å². The zero-order valence-corrected chi connectivity index (χ0v) is 15.6. The molecular formula is C17H18N6O3S. The Morgan fingerprint density at radius 1 is 1.26 bits per heavy atom. The SMILES string of the molecule is COCCc1nsc(N2CCN(c3oc(-c4ccco4)nc3C#N)CC2)n1. The van der Waals surface area contributed by atoms with E-state index in [1.165, 1.54) is 11.5 Å². The largest absolute Gasteiger partial charge is 0.459 e. The molecule has 0 aromatic carbocycles. The van der Waals surface area contributed by atoms with Crippen molar-refractivity contribution in [3.8, 4) is 17.7 Å². The number of piperazine rings is 1. The zero-order chi connectivity index (χ0) is 18.6. The quantitative estimate of drug-likeness (QED) is 0.630. The van der Waals surface area contributed by atoms with E-state index in [-0.39, 0.29) is 5.69 Å². The molecule has 4 rings (SSSR count). The third-order valence-electron chi connectivity index (χ3n) is 4.27. The fourth-order valence-electron chi connectivity index (χ4n) is 2.87. The lowest BCUT2D eigenvalue weighted by Crippen LogP contribution is -2.46. The van der Waals surface area contributed by atoms with E-state index in [1.807, 2.05) is 4.90 Å². The highest BCUT2D eigenvalue weighted by molar-refractivity contribution is 7.09. The van der Waals surface area contributed by atoms with Gasteiger partial charge in [0, 0.05) is 51.2 Å². The summed E-state index contributed by atoms with van der Waals surface area (Å²) in [6.07, 6.45) is 2.26. The topological polar surface area (TPSA) is 104 Å². The van der Waals surface area contributed by atoms with Gasteiger partial charge in [-0.2, -0.15) is 14.6 Å². The fourth-order valence-corrected chi connectivity index (χ4v) is 3.64. The maximum absolute atomic E-state index is 9.40. The van der Waals surface area contributed by atoms with Crippen molar-refractivity contribution in [2.45, 2.75) is 6.42 Å². The Kier molecular flexibility index (Phi) is 5.04. The minimum absolute atomic E-state index is 0.271. The van der Waals surface area contributed by atoms with E-state index >= 15 is 0 Å². The van der Waals surface area contributed by atoms with E-state index in [1.54, 1.807) is 25.5 Å². The van der Waals surface area contributed by atoms with Crippen LogP contribution in [0.1, 0.15) is 11.5 Å². The summed E-state index contributed by atoms with van der Waals surface area (Å²) >= 11 is 1.40. The second-order valence-corrected chi connectivity index (χ2v) is 6.70. The number of oxazole rings is 1. The van der Waals surface area contributed by atoms with Gasteiger partial charge in [-0.1, -0.05) is 0 Å². The third kappa shape index (κ3) is 3.65. The molecule has 0 aliphatic carbocycles. The summed E-state index contributed by atoms with van der Waals surface area (Å²) in [6, 6.07) is 5.62. The van der Waals surface area contributed by atoms with Gasteiger partial charge in [-0.15, -0.1) is 0 Å². The van der Waals surface area contributed by atoms with Crippen LogP contribution >= 0.6 is 11.5 Å². The molecule has 0 unspecified atom stereocenters. The molecule has 1 aliphatic rings. The number of hydrogen-bond donors (Lipinski definition) is 0. The van der Waals surface area contributed by atoms with Crippen LogP contribution in [0.3, 0.4) is 0 Å². The van der Waals surface area contributed by atoms with Gasteiger partial charge in [0.2, 0.25) is 16.7 Å². The molecule has 0 N–H and O–H groups in total. The lowest BCUT2D eigenvalue weighted by Gasteiger charge is -2.34. The third-order valence-corrected chi connectivity index (χ3v) is 5.09. The highest BCUT2D eigenvalue weighted by atomic mass is 32.1. The molecule has 140 valence electrons. The maximum atomic E-state index is 9.40. The number of nitrogens with zero attached hydrogens (tertiary/aromatic N) is 6. The van der Waals surface area contributed by atoms with Crippen LogP contribution in [-0.2, 0) is 11.2 Å².